The molecule has 4 nitrogen and oxygen atoms in total. The number of carbonyl (C=O) groups is 1. The fraction of sp³-hybridized carbons (Fsp3) is 0.500. The molecule has 1 aliphatic carbocycles. The van der Waals surface area contributed by atoms with Crippen molar-refractivity contribution in [3.63, 3.8) is 0 Å². The molecule has 1 aliphatic heterocycles. The van der Waals surface area contributed by atoms with Crippen LogP contribution in [-0.4, -0.2) is 34.0 Å². The lowest BCUT2D eigenvalue weighted by Crippen LogP contribution is -2.47. The summed E-state index contributed by atoms with van der Waals surface area (Å²) in [6.07, 6.45) is 4.45. The maximum atomic E-state index is 10.6. The molecule has 1 aromatic rings. The maximum Gasteiger partial charge on any atom is 0.354 e. The zero-order valence-electron chi connectivity index (χ0n) is 9.02. The zero-order chi connectivity index (χ0) is 11.2. The van der Waals surface area contributed by atoms with Gasteiger partial charge in [0.25, 0.3) is 0 Å². The molecule has 2 heterocycles. The molecule has 16 heavy (non-hydrogen) atoms. The summed E-state index contributed by atoms with van der Waals surface area (Å²) in [5.41, 5.74) is 1.89. The predicted molar refractivity (Wildman–Crippen MR) is 58.1 cm³/mol. The summed E-state index contributed by atoms with van der Waals surface area (Å²) in [5, 5.41) is 8.72. The highest BCUT2D eigenvalue weighted by Gasteiger charge is 2.51. The Morgan fingerprint density at radius 3 is 2.69 bits per heavy atom. The normalized spacial score (nSPS) is 21.8. The first-order valence-electron chi connectivity index (χ1n) is 5.58. The Bertz CT molecular complexity index is 415. The Morgan fingerprint density at radius 1 is 1.44 bits per heavy atom. The smallest absolute Gasteiger partial charge is 0.354 e. The van der Waals surface area contributed by atoms with Crippen molar-refractivity contribution in [2.45, 2.75) is 19.4 Å². The molecule has 4 heteroatoms. The number of hydrogen-bond acceptors (Lipinski definition) is 3. The van der Waals surface area contributed by atoms with E-state index in [1.807, 2.05) is 6.07 Å². The van der Waals surface area contributed by atoms with Gasteiger partial charge in [-0.25, -0.2) is 9.78 Å². The number of hydrogen-bond donors (Lipinski definition) is 1. The molecule has 2 fully saturated rings. The molecule has 0 atom stereocenters. The Hall–Kier alpha value is -1.42. The van der Waals surface area contributed by atoms with Gasteiger partial charge in [0.15, 0.2) is 0 Å². The molecule has 1 aromatic heterocycles. The molecule has 0 unspecified atom stereocenters. The molecule has 1 spiro atoms. The molecule has 84 valence electrons. The van der Waals surface area contributed by atoms with Crippen LogP contribution < -0.4 is 0 Å². The van der Waals surface area contributed by atoms with Crippen molar-refractivity contribution in [1.29, 1.82) is 0 Å². The molecular weight excluding hydrogens is 204 g/mol. The molecule has 1 saturated carbocycles. The second kappa shape index (κ2) is 3.28. The summed E-state index contributed by atoms with van der Waals surface area (Å²) >= 11 is 0. The van der Waals surface area contributed by atoms with Crippen LogP contribution in [-0.2, 0) is 6.54 Å². The lowest BCUT2D eigenvalue weighted by atomic mass is 9.96. The van der Waals surface area contributed by atoms with E-state index in [0.717, 1.165) is 12.1 Å². The number of carboxylic acids is 1. The van der Waals surface area contributed by atoms with Gasteiger partial charge in [-0.15, -0.1) is 0 Å². The Morgan fingerprint density at radius 2 is 2.19 bits per heavy atom. The fourth-order valence-electron chi connectivity index (χ4n) is 2.41. The SMILES string of the molecule is O=C(O)c1ccc(CN2CC3(CC3)C2)cn1. The number of aromatic carboxylic acids is 1. The van der Waals surface area contributed by atoms with Crippen LogP contribution in [0.25, 0.3) is 0 Å². The van der Waals surface area contributed by atoms with Gasteiger partial charge in [0.2, 0.25) is 0 Å². The van der Waals surface area contributed by atoms with E-state index in [-0.39, 0.29) is 5.69 Å². The van der Waals surface area contributed by atoms with Gasteiger partial charge in [-0.05, 0) is 29.9 Å². The average Bonchev–Trinajstić information content (AvgIpc) is 2.98. The van der Waals surface area contributed by atoms with Crippen LogP contribution in [0.2, 0.25) is 0 Å². The monoisotopic (exact) mass is 218 g/mol. The van der Waals surface area contributed by atoms with Crippen molar-refractivity contribution >= 4 is 5.97 Å². The van der Waals surface area contributed by atoms with Gasteiger partial charge in [0.1, 0.15) is 5.69 Å². The summed E-state index contributed by atoms with van der Waals surface area (Å²) in [7, 11) is 0. The van der Waals surface area contributed by atoms with Crippen LogP contribution in [0, 0.1) is 5.41 Å². The number of carboxylic acid groups (broad SMARTS) is 1. The summed E-state index contributed by atoms with van der Waals surface area (Å²) < 4.78 is 0. The minimum atomic E-state index is -0.965. The van der Waals surface area contributed by atoms with Crippen LogP contribution in [0.5, 0.6) is 0 Å². The van der Waals surface area contributed by atoms with E-state index in [4.69, 9.17) is 5.11 Å². The molecule has 1 saturated heterocycles. The molecule has 1 N–H and O–H groups in total. The first-order valence-corrected chi connectivity index (χ1v) is 5.58. The molecule has 0 aromatic carbocycles. The van der Waals surface area contributed by atoms with E-state index in [9.17, 15) is 4.79 Å². The van der Waals surface area contributed by atoms with Crippen molar-refractivity contribution < 1.29 is 9.90 Å². The minimum absolute atomic E-state index is 0.117. The Kier molecular flexibility index (Phi) is 2.01. The van der Waals surface area contributed by atoms with Crippen molar-refractivity contribution in [3.8, 4) is 0 Å². The number of aromatic nitrogens is 1. The number of nitrogens with zero attached hydrogens (tertiary/aromatic N) is 2. The summed E-state index contributed by atoms with van der Waals surface area (Å²) in [4.78, 5) is 16.9. The standard InChI is InChI=1S/C12H14N2O2/c15-11(16)10-2-1-9(5-13-10)6-14-7-12(8-14)3-4-12/h1-2,5H,3-4,6-8H2,(H,15,16). The number of rotatable bonds is 3. The Labute approximate surface area is 93.9 Å². The van der Waals surface area contributed by atoms with Crippen molar-refractivity contribution in [1.82, 2.24) is 9.88 Å². The van der Waals surface area contributed by atoms with Crippen molar-refractivity contribution in [3.05, 3.63) is 29.6 Å². The van der Waals surface area contributed by atoms with E-state index in [2.05, 4.69) is 9.88 Å². The molecule has 0 bridgehead atoms. The van der Waals surface area contributed by atoms with E-state index < -0.39 is 5.97 Å². The van der Waals surface area contributed by atoms with Gasteiger partial charge in [0.05, 0.1) is 0 Å². The van der Waals surface area contributed by atoms with Gasteiger partial charge in [-0.2, -0.15) is 0 Å². The lowest BCUT2D eigenvalue weighted by molar-refractivity contribution is 0.0689. The van der Waals surface area contributed by atoms with Gasteiger partial charge >= 0.3 is 5.97 Å². The molecular formula is C12H14N2O2. The van der Waals surface area contributed by atoms with E-state index in [0.29, 0.717) is 5.41 Å². The van der Waals surface area contributed by atoms with Gasteiger partial charge in [-0.3, -0.25) is 4.90 Å². The second-order valence-electron chi connectivity index (χ2n) is 5.00. The third-order valence-corrected chi connectivity index (χ3v) is 3.53. The van der Waals surface area contributed by atoms with Crippen molar-refractivity contribution in [2.24, 2.45) is 5.41 Å². The highest BCUT2D eigenvalue weighted by molar-refractivity contribution is 5.85. The largest absolute Gasteiger partial charge is 0.477 e. The maximum absolute atomic E-state index is 10.6. The van der Waals surface area contributed by atoms with Crippen LogP contribution >= 0.6 is 0 Å². The van der Waals surface area contributed by atoms with Gasteiger partial charge in [0, 0.05) is 25.8 Å². The summed E-state index contributed by atoms with van der Waals surface area (Å²) in [6, 6.07) is 3.43. The molecule has 0 amide bonds. The van der Waals surface area contributed by atoms with Gasteiger partial charge in [-0.1, -0.05) is 6.07 Å². The second-order valence-corrected chi connectivity index (χ2v) is 5.00. The number of likely N-dealkylation sites (tertiary alicyclic amines) is 1. The first kappa shape index (κ1) is 9.78. The summed E-state index contributed by atoms with van der Waals surface area (Å²) in [6.45, 7) is 3.30. The van der Waals surface area contributed by atoms with E-state index in [1.165, 1.54) is 25.9 Å². The number of pyridine rings is 1. The first-order chi connectivity index (χ1) is 7.67. The highest BCUT2D eigenvalue weighted by Crippen LogP contribution is 2.53. The van der Waals surface area contributed by atoms with Crippen LogP contribution in [0.4, 0.5) is 0 Å². The highest BCUT2D eigenvalue weighted by atomic mass is 16.4. The topological polar surface area (TPSA) is 53.4 Å². The zero-order valence-corrected chi connectivity index (χ0v) is 9.02. The van der Waals surface area contributed by atoms with E-state index >= 15 is 0 Å². The third kappa shape index (κ3) is 1.69. The quantitative estimate of drug-likeness (QED) is 0.832. The molecule has 3 rings (SSSR count). The summed E-state index contributed by atoms with van der Waals surface area (Å²) in [5.74, 6) is -0.965. The van der Waals surface area contributed by atoms with Crippen LogP contribution in [0.15, 0.2) is 18.3 Å². The average molecular weight is 218 g/mol. The Balaban J connectivity index is 1.60. The molecule has 0 radical (unpaired) electrons. The third-order valence-electron chi connectivity index (χ3n) is 3.53. The van der Waals surface area contributed by atoms with E-state index in [1.54, 1.807) is 12.3 Å². The fourth-order valence-corrected chi connectivity index (χ4v) is 2.41. The van der Waals surface area contributed by atoms with Crippen LogP contribution in [0.1, 0.15) is 28.9 Å². The van der Waals surface area contributed by atoms with Crippen molar-refractivity contribution in [2.75, 3.05) is 13.1 Å². The molecule has 2 aliphatic rings. The lowest BCUT2D eigenvalue weighted by Gasteiger charge is -2.39. The predicted octanol–water partition coefficient (Wildman–Crippen LogP) is 1.38. The van der Waals surface area contributed by atoms with Gasteiger partial charge < -0.3 is 5.11 Å². The van der Waals surface area contributed by atoms with Crippen LogP contribution in [0.3, 0.4) is 0 Å². The minimum Gasteiger partial charge on any atom is -0.477 e.